The van der Waals surface area contributed by atoms with Crippen molar-refractivity contribution in [2.24, 2.45) is 5.92 Å². The second-order valence-electron chi connectivity index (χ2n) is 3.91. The molecule has 6 heteroatoms. The van der Waals surface area contributed by atoms with Gasteiger partial charge in [-0.05, 0) is 18.1 Å². The van der Waals surface area contributed by atoms with Crippen LogP contribution in [0.2, 0.25) is 0 Å². The number of hydrogen-bond acceptors (Lipinski definition) is 3. The molecule has 0 aromatic carbocycles. The van der Waals surface area contributed by atoms with E-state index in [1.54, 1.807) is 12.1 Å². The van der Waals surface area contributed by atoms with E-state index in [0.717, 1.165) is 5.33 Å². The fourth-order valence-corrected chi connectivity index (χ4v) is 2.33. The number of pyridine rings is 1. The molecule has 1 aliphatic heterocycles. The van der Waals surface area contributed by atoms with Gasteiger partial charge in [0.15, 0.2) is 5.69 Å². The maximum absolute atomic E-state index is 11.8. The van der Waals surface area contributed by atoms with Gasteiger partial charge in [0.25, 0.3) is 0 Å². The maximum Gasteiger partial charge on any atom is 0.356 e. The predicted molar refractivity (Wildman–Crippen MR) is 65.5 cm³/mol. The summed E-state index contributed by atoms with van der Waals surface area (Å²) in [6.45, 7) is 0.538. The van der Waals surface area contributed by atoms with E-state index in [4.69, 9.17) is 5.11 Å². The summed E-state index contributed by atoms with van der Waals surface area (Å²) in [6.07, 6.45) is 1.86. The first-order valence-corrected chi connectivity index (χ1v) is 6.30. The number of halogens is 1. The molecule has 5 nitrogen and oxygen atoms in total. The summed E-state index contributed by atoms with van der Waals surface area (Å²) < 4.78 is 0. The molecule has 1 unspecified atom stereocenters. The second kappa shape index (κ2) is 4.83. The molecule has 0 saturated carbocycles. The number of carbonyl (C=O) groups is 2. The molecule has 0 spiro atoms. The fourth-order valence-electron chi connectivity index (χ4n) is 1.90. The molecule has 2 rings (SSSR count). The van der Waals surface area contributed by atoms with Crippen LogP contribution in [0, 0.1) is 5.92 Å². The molecule has 1 atom stereocenters. The summed E-state index contributed by atoms with van der Waals surface area (Å²) in [5.41, 5.74) is 0.310. The summed E-state index contributed by atoms with van der Waals surface area (Å²) in [7, 11) is 0. The van der Waals surface area contributed by atoms with Crippen molar-refractivity contribution < 1.29 is 14.7 Å². The van der Waals surface area contributed by atoms with Gasteiger partial charge in [-0.15, -0.1) is 0 Å². The van der Waals surface area contributed by atoms with E-state index in [0.29, 0.717) is 18.7 Å². The van der Waals surface area contributed by atoms with E-state index >= 15 is 0 Å². The zero-order valence-electron chi connectivity index (χ0n) is 8.97. The molecular formula is C11H11BrN2O3. The third-order valence-corrected chi connectivity index (χ3v) is 3.62. The van der Waals surface area contributed by atoms with Crippen LogP contribution in [0.3, 0.4) is 0 Å². The molecule has 1 fully saturated rings. The number of carbonyl (C=O) groups excluding carboxylic acids is 1. The Morgan fingerprint density at radius 2 is 2.41 bits per heavy atom. The van der Waals surface area contributed by atoms with E-state index in [9.17, 15) is 9.59 Å². The Kier molecular flexibility index (Phi) is 3.42. The number of aromatic carboxylic acids is 1. The first kappa shape index (κ1) is 12.0. The highest BCUT2D eigenvalue weighted by Gasteiger charge is 2.32. The Bertz CT molecular complexity index is 464. The van der Waals surface area contributed by atoms with Crippen LogP contribution in [0.4, 0.5) is 5.69 Å². The van der Waals surface area contributed by atoms with Gasteiger partial charge in [0.2, 0.25) is 5.91 Å². The largest absolute Gasteiger partial charge is 0.476 e. The summed E-state index contributed by atoms with van der Waals surface area (Å²) in [6, 6.07) is 3.25. The highest BCUT2D eigenvalue weighted by Crippen LogP contribution is 2.27. The molecule has 0 radical (unpaired) electrons. The number of alkyl halides is 1. The van der Waals surface area contributed by atoms with Gasteiger partial charge in [0, 0.05) is 24.5 Å². The molecule has 1 aromatic heterocycles. The van der Waals surface area contributed by atoms with Crippen molar-refractivity contribution in [1.29, 1.82) is 0 Å². The molecule has 17 heavy (non-hydrogen) atoms. The van der Waals surface area contributed by atoms with E-state index < -0.39 is 5.97 Å². The maximum atomic E-state index is 11.8. The van der Waals surface area contributed by atoms with Crippen molar-refractivity contribution in [3.63, 3.8) is 0 Å². The van der Waals surface area contributed by atoms with Crippen LogP contribution in [0.1, 0.15) is 16.9 Å². The van der Waals surface area contributed by atoms with Crippen LogP contribution >= 0.6 is 15.9 Å². The summed E-state index contributed by atoms with van der Waals surface area (Å²) in [5, 5.41) is 9.76. The smallest absolute Gasteiger partial charge is 0.356 e. The number of nitrogens with zero attached hydrogens (tertiary/aromatic N) is 2. The minimum Gasteiger partial charge on any atom is -0.476 e. The van der Waals surface area contributed by atoms with Gasteiger partial charge < -0.3 is 10.0 Å². The first-order chi connectivity index (χ1) is 8.13. The summed E-state index contributed by atoms with van der Waals surface area (Å²) >= 11 is 3.34. The van der Waals surface area contributed by atoms with Gasteiger partial charge in [0.1, 0.15) is 0 Å². The minimum absolute atomic E-state index is 0.0510. The van der Waals surface area contributed by atoms with E-state index in [2.05, 4.69) is 20.9 Å². The number of carboxylic acids is 1. The number of hydrogen-bond donors (Lipinski definition) is 1. The SMILES string of the molecule is O=C(O)c1ncccc1N1CC(CBr)CC1=O. The van der Waals surface area contributed by atoms with Crippen molar-refractivity contribution in [1.82, 2.24) is 4.98 Å². The highest BCUT2D eigenvalue weighted by molar-refractivity contribution is 9.09. The lowest BCUT2D eigenvalue weighted by Gasteiger charge is -2.17. The summed E-state index contributed by atoms with van der Waals surface area (Å²) in [5.74, 6) is -0.940. The molecule has 1 saturated heterocycles. The van der Waals surface area contributed by atoms with Gasteiger partial charge in [0.05, 0.1) is 5.69 Å². The molecule has 2 heterocycles. The lowest BCUT2D eigenvalue weighted by molar-refractivity contribution is -0.117. The van der Waals surface area contributed by atoms with Gasteiger partial charge in [-0.1, -0.05) is 15.9 Å². The molecule has 1 aliphatic rings. The van der Waals surface area contributed by atoms with E-state index in [-0.39, 0.29) is 17.5 Å². The van der Waals surface area contributed by atoms with Crippen molar-refractivity contribution in [3.05, 3.63) is 24.0 Å². The Morgan fingerprint density at radius 3 is 3.00 bits per heavy atom. The summed E-state index contributed by atoms with van der Waals surface area (Å²) in [4.78, 5) is 28.1. The van der Waals surface area contributed by atoms with Crippen molar-refractivity contribution in [3.8, 4) is 0 Å². The normalized spacial score (nSPS) is 19.7. The zero-order valence-corrected chi connectivity index (χ0v) is 10.6. The Balaban J connectivity index is 2.35. The van der Waals surface area contributed by atoms with Crippen LogP contribution in [-0.4, -0.2) is 33.8 Å². The number of rotatable bonds is 3. The molecule has 0 bridgehead atoms. The average Bonchev–Trinajstić information content (AvgIpc) is 2.70. The van der Waals surface area contributed by atoms with Gasteiger partial charge in [-0.2, -0.15) is 0 Å². The van der Waals surface area contributed by atoms with Gasteiger partial charge >= 0.3 is 5.97 Å². The minimum atomic E-state index is -1.12. The first-order valence-electron chi connectivity index (χ1n) is 5.18. The average molecular weight is 299 g/mol. The van der Waals surface area contributed by atoms with Crippen molar-refractivity contribution in [2.45, 2.75) is 6.42 Å². The third-order valence-electron chi connectivity index (χ3n) is 2.70. The Hall–Kier alpha value is -1.43. The fraction of sp³-hybridized carbons (Fsp3) is 0.364. The monoisotopic (exact) mass is 298 g/mol. The number of carboxylic acid groups (broad SMARTS) is 1. The van der Waals surface area contributed by atoms with Crippen LogP contribution in [-0.2, 0) is 4.79 Å². The van der Waals surface area contributed by atoms with Crippen LogP contribution in [0.25, 0.3) is 0 Å². The predicted octanol–water partition coefficient (Wildman–Crippen LogP) is 1.53. The van der Waals surface area contributed by atoms with Crippen molar-refractivity contribution >= 4 is 33.5 Å². The zero-order chi connectivity index (χ0) is 12.4. The molecule has 0 aliphatic carbocycles. The highest BCUT2D eigenvalue weighted by atomic mass is 79.9. The van der Waals surface area contributed by atoms with Crippen LogP contribution in [0.5, 0.6) is 0 Å². The number of amides is 1. The molecular weight excluding hydrogens is 288 g/mol. The lowest BCUT2D eigenvalue weighted by Crippen LogP contribution is -2.27. The molecule has 1 N–H and O–H groups in total. The lowest BCUT2D eigenvalue weighted by atomic mass is 10.2. The van der Waals surface area contributed by atoms with Crippen LogP contribution < -0.4 is 4.90 Å². The van der Waals surface area contributed by atoms with Crippen molar-refractivity contribution in [2.75, 3.05) is 16.8 Å². The number of anilines is 1. The molecule has 1 amide bonds. The van der Waals surface area contributed by atoms with Gasteiger partial charge in [-0.3, -0.25) is 4.79 Å². The molecule has 1 aromatic rings. The Labute approximate surface area is 107 Å². The second-order valence-corrected chi connectivity index (χ2v) is 4.55. The van der Waals surface area contributed by atoms with Gasteiger partial charge in [-0.25, -0.2) is 9.78 Å². The quantitative estimate of drug-likeness (QED) is 0.859. The number of aromatic nitrogens is 1. The standard InChI is InChI=1S/C11H11BrN2O3/c12-5-7-4-9(15)14(6-7)8-2-1-3-13-10(8)11(16)17/h1-3,7H,4-6H2,(H,16,17). The van der Waals surface area contributed by atoms with Crippen LogP contribution in [0.15, 0.2) is 18.3 Å². The third kappa shape index (κ3) is 2.31. The molecule has 90 valence electrons. The van der Waals surface area contributed by atoms with E-state index in [1.165, 1.54) is 11.1 Å². The Morgan fingerprint density at radius 1 is 1.65 bits per heavy atom. The topological polar surface area (TPSA) is 70.5 Å². The van der Waals surface area contributed by atoms with E-state index in [1.807, 2.05) is 0 Å².